The number of nitrogens with one attached hydrogen (secondary N) is 3. The van der Waals surface area contributed by atoms with Crippen LogP contribution in [0.4, 0.5) is 21.7 Å². The zero-order valence-corrected chi connectivity index (χ0v) is 23.8. The van der Waals surface area contributed by atoms with Crippen LogP contribution in [0.1, 0.15) is 48.0 Å². The van der Waals surface area contributed by atoms with Crippen molar-refractivity contribution in [2.24, 2.45) is 0 Å². The van der Waals surface area contributed by atoms with Gasteiger partial charge in [-0.05, 0) is 57.5 Å². The zero-order valence-electron chi connectivity index (χ0n) is 23.0. The first-order chi connectivity index (χ1) is 19.5. The first kappa shape index (κ1) is 29.8. The van der Waals surface area contributed by atoms with E-state index >= 15 is 0 Å². The van der Waals surface area contributed by atoms with E-state index in [9.17, 15) is 18.8 Å². The smallest absolute Gasteiger partial charge is 0.320 e. The lowest BCUT2D eigenvalue weighted by Crippen LogP contribution is -2.38. The lowest BCUT2D eigenvalue weighted by molar-refractivity contribution is -0.365. The first-order valence-corrected chi connectivity index (χ1v) is 13.5. The second-order valence-corrected chi connectivity index (χ2v) is 10.9. The molecule has 0 bridgehead atoms. The molecule has 3 aromatic rings. The summed E-state index contributed by atoms with van der Waals surface area (Å²) in [6.45, 7) is 8.58. The largest absolute Gasteiger partial charge is 0.459 e. The van der Waals surface area contributed by atoms with Crippen molar-refractivity contribution < 1.29 is 28.5 Å². The van der Waals surface area contributed by atoms with Crippen LogP contribution >= 0.6 is 11.6 Å². The van der Waals surface area contributed by atoms with Crippen LogP contribution in [-0.2, 0) is 9.53 Å². The molecule has 41 heavy (non-hydrogen) atoms. The first-order valence-electron chi connectivity index (χ1n) is 13.1. The maximum atomic E-state index is 14.0. The average Bonchev–Trinajstić information content (AvgIpc) is 3.15. The lowest BCUT2D eigenvalue weighted by atomic mass is 10.1. The summed E-state index contributed by atoms with van der Waals surface area (Å²) >= 11 is 5.83. The van der Waals surface area contributed by atoms with Crippen LogP contribution in [-0.4, -0.2) is 71.0 Å². The minimum atomic E-state index is -0.661. The van der Waals surface area contributed by atoms with E-state index in [2.05, 4.69) is 35.4 Å². The summed E-state index contributed by atoms with van der Waals surface area (Å²) in [7, 11) is 0. The Hall–Kier alpha value is -4.16. The van der Waals surface area contributed by atoms with Crippen LogP contribution in [0, 0.1) is 5.82 Å². The zero-order chi connectivity index (χ0) is 29.6. The number of pyridine rings is 1. The topological polar surface area (TPSA) is 131 Å². The molecule has 3 heterocycles. The SMILES string of the molecule is CC(C)(C)OC(=O)CN1CCCN(c2cnc(C(=O)Nc3ccc(F)cc3C(=O)Nc3ccc(Cl)cn3)c[nH+]2)CC1. The Kier molecular flexibility index (Phi) is 9.46. The van der Waals surface area contributed by atoms with Gasteiger partial charge in [-0.25, -0.2) is 19.3 Å². The van der Waals surface area contributed by atoms with Crippen molar-refractivity contribution in [2.45, 2.75) is 32.8 Å². The van der Waals surface area contributed by atoms with E-state index in [1.807, 2.05) is 20.8 Å². The van der Waals surface area contributed by atoms with Crippen molar-refractivity contribution in [1.82, 2.24) is 14.9 Å². The molecule has 1 aromatic carbocycles. The summed E-state index contributed by atoms with van der Waals surface area (Å²) in [5.41, 5.74) is -0.434. The standard InChI is InChI=1S/C28H31ClFN7O4/c1-28(2,3)41-25(38)17-36-9-4-10-37(12-11-36)24-16-31-22(15-33-24)27(40)34-21-7-6-19(30)13-20(21)26(39)35-23-8-5-18(29)14-32-23/h5-8,13-16H,4,9-12,17H2,1-3H3,(H,34,40)(H,32,35,39)/p+1. The number of halogens is 2. The number of aromatic nitrogens is 3. The number of anilines is 3. The van der Waals surface area contributed by atoms with E-state index in [1.54, 1.807) is 12.3 Å². The van der Waals surface area contributed by atoms with Gasteiger partial charge in [-0.15, -0.1) is 0 Å². The molecular weight excluding hydrogens is 553 g/mol. The minimum absolute atomic E-state index is 0.0742. The van der Waals surface area contributed by atoms with Crippen LogP contribution in [0.5, 0.6) is 0 Å². The van der Waals surface area contributed by atoms with Gasteiger partial charge in [0.05, 0.1) is 35.9 Å². The Morgan fingerprint density at radius 2 is 1.83 bits per heavy atom. The summed E-state index contributed by atoms with van der Waals surface area (Å²) in [4.78, 5) is 53.5. The molecule has 0 radical (unpaired) electrons. The quantitative estimate of drug-likeness (QED) is 0.404. The van der Waals surface area contributed by atoms with Crippen molar-refractivity contribution in [3.63, 3.8) is 0 Å². The molecule has 1 aliphatic heterocycles. The molecule has 13 heteroatoms. The second kappa shape index (κ2) is 13.0. The normalized spacial score (nSPS) is 14.2. The molecule has 2 aromatic heterocycles. The molecule has 216 valence electrons. The van der Waals surface area contributed by atoms with E-state index < -0.39 is 23.2 Å². The molecule has 0 aliphatic carbocycles. The number of amides is 2. The summed E-state index contributed by atoms with van der Waals surface area (Å²) in [5, 5.41) is 5.58. The summed E-state index contributed by atoms with van der Waals surface area (Å²) in [6, 6.07) is 6.52. The number of carbonyl (C=O) groups excluding carboxylic acids is 3. The van der Waals surface area contributed by atoms with E-state index in [0.717, 1.165) is 37.5 Å². The molecule has 0 unspecified atom stereocenters. The number of nitrogens with zero attached hydrogens (tertiary/aromatic N) is 4. The molecular formula is C28H32ClFN7O4+. The minimum Gasteiger partial charge on any atom is -0.459 e. The number of carbonyl (C=O) groups is 3. The van der Waals surface area contributed by atoms with Gasteiger partial charge in [0.25, 0.3) is 17.6 Å². The fourth-order valence-corrected chi connectivity index (χ4v) is 4.32. The number of benzene rings is 1. The monoisotopic (exact) mass is 584 g/mol. The molecule has 0 spiro atoms. The predicted molar refractivity (Wildman–Crippen MR) is 151 cm³/mol. The fraction of sp³-hybridized carbons (Fsp3) is 0.357. The Balaban J connectivity index is 1.38. The highest BCUT2D eigenvalue weighted by atomic mass is 35.5. The number of H-pyrrole nitrogens is 1. The van der Waals surface area contributed by atoms with Gasteiger partial charge in [0, 0.05) is 19.3 Å². The predicted octanol–water partition coefficient (Wildman–Crippen LogP) is 3.44. The lowest BCUT2D eigenvalue weighted by Gasteiger charge is -2.23. The number of hydrogen-bond donors (Lipinski definition) is 2. The second-order valence-electron chi connectivity index (χ2n) is 10.5. The van der Waals surface area contributed by atoms with Crippen LogP contribution in [0.3, 0.4) is 0 Å². The number of esters is 1. The fourth-order valence-electron chi connectivity index (χ4n) is 4.20. The number of ether oxygens (including phenoxy) is 1. The van der Waals surface area contributed by atoms with Crippen LogP contribution in [0.2, 0.25) is 5.02 Å². The summed E-state index contributed by atoms with van der Waals surface area (Å²) in [5.74, 6) is -1.20. The van der Waals surface area contributed by atoms with Gasteiger partial charge in [0.15, 0.2) is 5.69 Å². The third kappa shape index (κ3) is 8.66. The van der Waals surface area contributed by atoms with Gasteiger partial charge in [-0.2, -0.15) is 0 Å². The van der Waals surface area contributed by atoms with Gasteiger partial charge < -0.3 is 15.4 Å². The van der Waals surface area contributed by atoms with Crippen LogP contribution in [0.25, 0.3) is 0 Å². The number of hydrogen-bond acceptors (Lipinski definition) is 8. The maximum Gasteiger partial charge on any atom is 0.320 e. The molecule has 4 rings (SSSR count). The van der Waals surface area contributed by atoms with Gasteiger partial charge in [0.1, 0.15) is 29.6 Å². The van der Waals surface area contributed by atoms with E-state index in [4.69, 9.17) is 16.3 Å². The van der Waals surface area contributed by atoms with Crippen molar-refractivity contribution in [3.05, 3.63) is 71.0 Å². The van der Waals surface area contributed by atoms with E-state index in [0.29, 0.717) is 18.1 Å². The Labute approximate surface area is 242 Å². The van der Waals surface area contributed by atoms with Crippen molar-refractivity contribution in [2.75, 3.05) is 48.3 Å². The summed E-state index contributed by atoms with van der Waals surface area (Å²) < 4.78 is 19.4. The summed E-state index contributed by atoms with van der Waals surface area (Å²) in [6.07, 6.45) is 5.22. The highest BCUT2D eigenvalue weighted by Gasteiger charge is 2.25. The Bertz CT molecular complexity index is 1400. The maximum absolute atomic E-state index is 14.0. The van der Waals surface area contributed by atoms with E-state index in [1.165, 1.54) is 24.5 Å². The van der Waals surface area contributed by atoms with Crippen molar-refractivity contribution in [1.29, 1.82) is 0 Å². The third-order valence-corrected chi connectivity index (χ3v) is 6.28. The molecule has 2 amide bonds. The number of aromatic amines is 1. The number of rotatable bonds is 7. The van der Waals surface area contributed by atoms with Gasteiger partial charge in [-0.1, -0.05) is 11.6 Å². The molecule has 1 saturated heterocycles. The Morgan fingerprint density at radius 1 is 1.02 bits per heavy atom. The van der Waals surface area contributed by atoms with Gasteiger partial charge in [-0.3, -0.25) is 24.2 Å². The van der Waals surface area contributed by atoms with E-state index in [-0.39, 0.29) is 35.3 Å². The molecule has 0 saturated carbocycles. The van der Waals surface area contributed by atoms with Crippen LogP contribution < -0.4 is 20.5 Å². The van der Waals surface area contributed by atoms with Crippen LogP contribution in [0.15, 0.2) is 48.9 Å². The molecule has 1 fully saturated rings. The third-order valence-electron chi connectivity index (χ3n) is 6.06. The highest BCUT2D eigenvalue weighted by molar-refractivity contribution is 6.30. The van der Waals surface area contributed by atoms with Crippen molar-refractivity contribution >= 4 is 46.7 Å². The van der Waals surface area contributed by atoms with Crippen molar-refractivity contribution in [3.8, 4) is 0 Å². The Morgan fingerprint density at radius 3 is 2.51 bits per heavy atom. The highest BCUT2D eigenvalue weighted by Crippen LogP contribution is 2.20. The molecule has 1 aliphatic rings. The van der Waals surface area contributed by atoms with Gasteiger partial charge >= 0.3 is 5.97 Å². The molecule has 11 nitrogen and oxygen atoms in total. The molecule has 3 N–H and O–H groups in total. The molecule has 0 atom stereocenters. The van der Waals surface area contributed by atoms with Gasteiger partial charge in [0.2, 0.25) is 0 Å². The average molecular weight is 585 g/mol.